The topological polar surface area (TPSA) is 46.2 Å². The van der Waals surface area contributed by atoms with Crippen LogP contribution in [0.15, 0.2) is 12.1 Å². The van der Waals surface area contributed by atoms with Crippen LogP contribution in [0.5, 0.6) is 5.75 Å². The number of halogens is 1. The van der Waals surface area contributed by atoms with E-state index in [0.29, 0.717) is 17.3 Å². The number of rotatable bonds is 5. The first-order chi connectivity index (χ1) is 7.56. The van der Waals surface area contributed by atoms with Gasteiger partial charge in [0.2, 0.25) is 0 Å². The number of benzene rings is 1. The average molecular weight is 242 g/mol. The van der Waals surface area contributed by atoms with Crippen molar-refractivity contribution in [2.45, 2.75) is 39.0 Å². The molecule has 0 unspecified atom stereocenters. The molecule has 0 atom stereocenters. The monoisotopic (exact) mass is 241 g/mol. The first-order valence-corrected chi connectivity index (χ1v) is 6.15. The summed E-state index contributed by atoms with van der Waals surface area (Å²) < 4.78 is 0. The van der Waals surface area contributed by atoms with Gasteiger partial charge in [0.05, 0.1) is 0 Å². The lowest BCUT2D eigenvalue weighted by Crippen LogP contribution is -2.00. The third-order valence-electron chi connectivity index (χ3n) is 2.71. The second kappa shape index (κ2) is 6.12. The lowest BCUT2D eigenvalue weighted by Gasteiger charge is -2.13. The molecule has 3 N–H and O–H groups in total. The summed E-state index contributed by atoms with van der Waals surface area (Å²) in [6, 6.07) is 3.69. The normalized spacial score (nSPS) is 11.1. The molecule has 0 fully saturated rings. The molecule has 0 bridgehead atoms. The number of aromatic hydroxyl groups is 1. The number of hydrogen-bond acceptors (Lipinski definition) is 2. The van der Waals surface area contributed by atoms with Gasteiger partial charge >= 0.3 is 0 Å². The number of hydrogen-bond donors (Lipinski definition) is 2. The summed E-state index contributed by atoms with van der Waals surface area (Å²) in [4.78, 5) is 0. The first kappa shape index (κ1) is 13.3. The predicted octanol–water partition coefficient (Wildman–Crippen LogP) is 3.45. The zero-order valence-corrected chi connectivity index (χ0v) is 10.7. The number of aryl methyl sites for hydroxylation is 1. The maximum absolute atomic E-state index is 10.1. The predicted molar refractivity (Wildman–Crippen MR) is 69.2 cm³/mol. The van der Waals surface area contributed by atoms with Crippen LogP contribution in [0.4, 0.5) is 0 Å². The summed E-state index contributed by atoms with van der Waals surface area (Å²) in [5.41, 5.74) is 7.31. The molecule has 3 heteroatoms. The summed E-state index contributed by atoms with van der Waals surface area (Å²) in [5.74, 6) is 0.684. The van der Waals surface area contributed by atoms with Gasteiger partial charge in [0.15, 0.2) is 0 Å². The van der Waals surface area contributed by atoms with Gasteiger partial charge < -0.3 is 10.8 Å². The number of phenols is 1. The van der Waals surface area contributed by atoms with Crippen LogP contribution < -0.4 is 5.73 Å². The SMILES string of the molecule is CC(C)c1cc(Cl)cc(CCCCN)c1O. The van der Waals surface area contributed by atoms with Crippen LogP contribution in [0.3, 0.4) is 0 Å². The van der Waals surface area contributed by atoms with Crippen LogP contribution in [0, 0.1) is 0 Å². The van der Waals surface area contributed by atoms with E-state index in [1.807, 2.05) is 12.1 Å². The van der Waals surface area contributed by atoms with Crippen LogP contribution in [0.1, 0.15) is 43.7 Å². The molecule has 16 heavy (non-hydrogen) atoms. The molecular formula is C13H20ClNO. The van der Waals surface area contributed by atoms with E-state index < -0.39 is 0 Å². The van der Waals surface area contributed by atoms with E-state index in [-0.39, 0.29) is 5.92 Å². The van der Waals surface area contributed by atoms with E-state index in [2.05, 4.69) is 13.8 Å². The Morgan fingerprint density at radius 1 is 1.31 bits per heavy atom. The fourth-order valence-corrected chi connectivity index (χ4v) is 2.02. The zero-order valence-electron chi connectivity index (χ0n) is 9.96. The average Bonchev–Trinajstić information content (AvgIpc) is 2.22. The highest BCUT2D eigenvalue weighted by Crippen LogP contribution is 2.33. The zero-order chi connectivity index (χ0) is 12.1. The summed E-state index contributed by atoms with van der Waals surface area (Å²) in [6.07, 6.45) is 2.80. The van der Waals surface area contributed by atoms with Gasteiger partial charge in [-0.05, 0) is 55.0 Å². The van der Waals surface area contributed by atoms with Crippen molar-refractivity contribution in [3.63, 3.8) is 0 Å². The molecule has 90 valence electrons. The van der Waals surface area contributed by atoms with Gasteiger partial charge in [-0.15, -0.1) is 0 Å². The minimum Gasteiger partial charge on any atom is -0.507 e. The molecule has 0 saturated heterocycles. The van der Waals surface area contributed by atoms with Gasteiger partial charge in [0, 0.05) is 5.02 Å². The largest absolute Gasteiger partial charge is 0.507 e. The van der Waals surface area contributed by atoms with Crippen LogP contribution in [-0.2, 0) is 6.42 Å². The molecule has 1 aromatic carbocycles. The summed E-state index contributed by atoms with van der Waals surface area (Å²) in [7, 11) is 0. The van der Waals surface area contributed by atoms with Gasteiger partial charge in [0.25, 0.3) is 0 Å². The Bertz CT molecular complexity index is 350. The quantitative estimate of drug-likeness (QED) is 0.776. The molecule has 0 saturated carbocycles. The summed E-state index contributed by atoms with van der Waals surface area (Å²) in [6.45, 7) is 4.79. The van der Waals surface area contributed by atoms with Crippen molar-refractivity contribution in [1.29, 1.82) is 0 Å². The fourth-order valence-electron chi connectivity index (χ4n) is 1.77. The standard InChI is InChI=1S/C13H20ClNO/c1-9(2)12-8-11(14)7-10(13(12)16)5-3-4-6-15/h7-9,16H,3-6,15H2,1-2H3. The van der Waals surface area contributed by atoms with Crippen LogP contribution in [0.2, 0.25) is 5.02 Å². The van der Waals surface area contributed by atoms with E-state index in [9.17, 15) is 5.11 Å². The van der Waals surface area contributed by atoms with Gasteiger partial charge in [-0.3, -0.25) is 0 Å². The maximum atomic E-state index is 10.1. The molecule has 0 aliphatic heterocycles. The minimum atomic E-state index is 0.284. The molecule has 0 heterocycles. The Hall–Kier alpha value is -0.730. The van der Waals surface area contributed by atoms with Crippen molar-refractivity contribution in [1.82, 2.24) is 0 Å². The Labute approximate surface area is 102 Å². The molecule has 0 spiro atoms. The Balaban J connectivity index is 2.91. The molecule has 0 aliphatic carbocycles. The van der Waals surface area contributed by atoms with E-state index in [1.165, 1.54) is 0 Å². The third-order valence-corrected chi connectivity index (χ3v) is 2.92. The lowest BCUT2D eigenvalue weighted by atomic mass is 9.97. The van der Waals surface area contributed by atoms with Crippen molar-refractivity contribution in [3.05, 3.63) is 28.3 Å². The van der Waals surface area contributed by atoms with E-state index in [0.717, 1.165) is 30.4 Å². The van der Waals surface area contributed by atoms with Crippen LogP contribution in [0.25, 0.3) is 0 Å². The van der Waals surface area contributed by atoms with Crippen molar-refractivity contribution in [3.8, 4) is 5.75 Å². The minimum absolute atomic E-state index is 0.284. The number of phenolic OH excluding ortho intramolecular Hbond substituents is 1. The molecule has 1 rings (SSSR count). The van der Waals surface area contributed by atoms with Crippen molar-refractivity contribution in [2.24, 2.45) is 5.73 Å². The molecule has 2 nitrogen and oxygen atoms in total. The highest BCUT2D eigenvalue weighted by molar-refractivity contribution is 6.30. The van der Waals surface area contributed by atoms with Crippen LogP contribution >= 0.6 is 11.6 Å². The molecule has 1 aromatic rings. The summed E-state index contributed by atoms with van der Waals surface area (Å²) >= 11 is 6.04. The van der Waals surface area contributed by atoms with Crippen LogP contribution in [-0.4, -0.2) is 11.7 Å². The fraction of sp³-hybridized carbons (Fsp3) is 0.538. The Kier molecular flexibility index (Phi) is 5.10. The second-order valence-electron chi connectivity index (χ2n) is 4.40. The molecule has 0 aromatic heterocycles. The van der Waals surface area contributed by atoms with E-state index in [4.69, 9.17) is 17.3 Å². The van der Waals surface area contributed by atoms with Crippen molar-refractivity contribution < 1.29 is 5.11 Å². The Morgan fingerprint density at radius 3 is 2.56 bits per heavy atom. The van der Waals surface area contributed by atoms with Crippen molar-refractivity contribution >= 4 is 11.6 Å². The molecular weight excluding hydrogens is 222 g/mol. The summed E-state index contributed by atoms with van der Waals surface area (Å²) in [5, 5.41) is 10.8. The van der Waals surface area contributed by atoms with Gasteiger partial charge in [-0.1, -0.05) is 25.4 Å². The first-order valence-electron chi connectivity index (χ1n) is 5.77. The molecule has 0 amide bonds. The highest BCUT2D eigenvalue weighted by atomic mass is 35.5. The van der Waals surface area contributed by atoms with Crippen molar-refractivity contribution in [2.75, 3.05) is 6.54 Å². The molecule has 0 aliphatic rings. The van der Waals surface area contributed by atoms with E-state index in [1.54, 1.807) is 0 Å². The van der Waals surface area contributed by atoms with Gasteiger partial charge in [0.1, 0.15) is 5.75 Å². The number of nitrogens with two attached hydrogens (primary N) is 1. The number of unbranched alkanes of at least 4 members (excludes halogenated alkanes) is 1. The Morgan fingerprint density at radius 2 is 2.00 bits per heavy atom. The lowest BCUT2D eigenvalue weighted by molar-refractivity contribution is 0.456. The molecule has 0 radical (unpaired) electrons. The van der Waals surface area contributed by atoms with E-state index >= 15 is 0 Å². The highest BCUT2D eigenvalue weighted by Gasteiger charge is 2.11. The third kappa shape index (κ3) is 3.39. The smallest absolute Gasteiger partial charge is 0.122 e. The second-order valence-corrected chi connectivity index (χ2v) is 4.84. The van der Waals surface area contributed by atoms with Gasteiger partial charge in [-0.2, -0.15) is 0 Å². The van der Waals surface area contributed by atoms with Gasteiger partial charge in [-0.25, -0.2) is 0 Å². The maximum Gasteiger partial charge on any atom is 0.122 e.